The highest BCUT2D eigenvalue weighted by Crippen LogP contribution is 2.28. The van der Waals surface area contributed by atoms with Crippen LogP contribution in [0.1, 0.15) is 39.2 Å². The van der Waals surface area contributed by atoms with E-state index in [-0.39, 0.29) is 23.9 Å². The first-order chi connectivity index (χ1) is 13.0. The van der Waals surface area contributed by atoms with Crippen molar-refractivity contribution in [1.82, 2.24) is 19.4 Å². The average Bonchev–Trinajstić information content (AvgIpc) is 3.25. The smallest absolute Gasteiger partial charge is 0.410 e. The number of hydrogen-bond donors (Lipinski definition) is 1. The van der Waals surface area contributed by atoms with Crippen molar-refractivity contribution < 1.29 is 9.53 Å². The Balaban J connectivity index is 1.38. The molecule has 0 saturated carbocycles. The minimum Gasteiger partial charge on any atom is -0.447 e. The van der Waals surface area contributed by atoms with Gasteiger partial charge in [0.15, 0.2) is 0 Å². The number of benzene rings is 1. The number of H-pyrrole nitrogens is 1. The third kappa shape index (κ3) is 3.60. The molecule has 0 radical (unpaired) electrons. The van der Waals surface area contributed by atoms with Crippen LogP contribution in [0.3, 0.4) is 0 Å². The molecule has 4 rings (SSSR count). The van der Waals surface area contributed by atoms with E-state index >= 15 is 0 Å². The summed E-state index contributed by atoms with van der Waals surface area (Å²) in [5, 5.41) is 0. The second-order valence-corrected chi connectivity index (χ2v) is 7.91. The first-order valence-electron chi connectivity index (χ1n) is 9.92. The molecule has 2 aliphatic rings. The molecule has 2 aliphatic heterocycles. The summed E-state index contributed by atoms with van der Waals surface area (Å²) in [4.78, 5) is 31.8. The second-order valence-electron chi connectivity index (χ2n) is 7.91. The van der Waals surface area contributed by atoms with Crippen LogP contribution in [-0.2, 0) is 4.74 Å². The maximum Gasteiger partial charge on any atom is 0.410 e. The van der Waals surface area contributed by atoms with E-state index in [4.69, 9.17) is 4.74 Å². The standard InChI is InChI=1S/C20H28N4O3/c1-14(2)27-20(26)23-12-9-16(13-23)22-10-7-15(8-11-22)24-18-6-4-3-5-17(18)21-19(24)25/h3-6,14-16H,7-13H2,1-2H3,(H,21,25)/t16-/m0/s1. The fourth-order valence-electron chi connectivity index (χ4n) is 4.43. The van der Waals surface area contributed by atoms with E-state index in [1.807, 2.05) is 47.6 Å². The Morgan fingerprint density at radius 3 is 2.56 bits per heavy atom. The number of aromatic nitrogens is 2. The lowest BCUT2D eigenvalue weighted by atomic mass is 10.0. The van der Waals surface area contributed by atoms with Crippen LogP contribution in [0.4, 0.5) is 4.79 Å². The number of piperidine rings is 1. The summed E-state index contributed by atoms with van der Waals surface area (Å²) >= 11 is 0. The minimum atomic E-state index is -0.201. The lowest BCUT2D eigenvalue weighted by Crippen LogP contribution is -2.44. The number of carbonyl (C=O) groups is 1. The first-order valence-corrected chi connectivity index (χ1v) is 9.92. The zero-order valence-electron chi connectivity index (χ0n) is 16.1. The largest absolute Gasteiger partial charge is 0.447 e. The van der Waals surface area contributed by atoms with Gasteiger partial charge in [-0.05, 0) is 45.2 Å². The molecule has 2 aromatic rings. The number of amides is 1. The zero-order valence-corrected chi connectivity index (χ0v) is 16.1. The summed E-state index contributed by atoms with van der Waals surface area (Å²) in [5.41, 5.74) is 1.88. The molecule has 3 heterocycles. The van der Waals surface area contributed by atoms with E-state index in [0.29, 0.717) is 6.04 Å². The Kier molecular flexibility index (Phi) is 4.95. The summed E-state index contributed by atoms with van der Waals surface area (Å²) in [6, 6.07) is 8.51. The summed E-state index contributed by atoms with van der Waals surface area (Å²) in [5.74, 6) is 0. The molecule has 0 bridgehead atoms. The zero-order chi connectivity index (χ0) is 19.0. The number of likely N-dealkylation sites (tertiary alicyclic amines) is 2. The number of rotatable bonds is 3. The Morgan fingerprint density at radius 1 is 1.11 bits per heavy atom. The number of nitrogens with one attached hydrogen (secondary N) is 1. The summed E-state index contributed by atoms with van der Waals surface area (Å²) in [7, 11) is 0. The Morgan fingerprint density at radius 2 is 1.81 bits per heavy atom. The SMILES string of the molecule is CC(C)OC(=O)N1CC[C@H](N2CCC(n3c(=O)[nH]c4ccccc43)CC2)C1. The van der Waals surface area contributed by atoms with E-state index in [1.165, 1.54) is 0 Å². The number of para-hydroxylation sites is 2. The number of imidazole rings is 1. The molecule has 1 aromatic carbocycles. The summed E-state index contributed by atoms with van der Waals surface area (Å²) < 4.78 is 7.24. The van der Waals surface area contributed by atoms with Crippen molar-refractivity contribution in [3.63, 3.8) is 0 Å². The van der Waals surface area contributed by atoms with Crippen LogP contribution in [0.15, 0.2) is 29.1 Å². The molecule has 0 aliphatic carbocycles. The van der Waals surface area contributed by atoms with Gasteiger partial charge in [-0.15, -0.1) is 0 Å². The van der Waals surface area contributed by atoms with Crippen LogP contribution in [0, 0.1) is 0 Å². The molecule has 2 saturated heterocycles. The molecule has 1 N–H and O–H groups in total. The predicted octanol–water partition coefficient (Wildman–Crippen LogP) is 2.59. The molecule has 7 heteroatoms. The molecule has 1 atom stereocenters. The van der Waals surface area contributed by atoms with Crippen LogP contribution >= 0.6 is 0 Å². The second kappa shape index (κ2) is 7.38. The number of carbonyl (C=O) groups excluding carboxylic acids is 1. The van der Waals surface area contributed by atoms with E-state index in [1.54, 1.807) is 0 Å². The maximum absolute atomic E-state index is 12.4. The molecule has 146 valence electrons. The first kappa shape index (κ1) is 18.1. The van der Waals surface area contributed by atoms with E-state index in [0.717, 1.165) is 56.5 Å². The van der Waals surface area contributed by atoms with Gasteiger partial charge in [-0.25, -0.2) is 9.59 Å². The normalized spacial score (nSPS) is 22.0. The molecule has 0 unspecified atom stereocenters. The summed E-state index contributed by atoms with van der Waals surface area (Å²) in [6.45, 7) is 7.16. The molecule has 0 spiro atoms. The lowest BCUT2D eigenvalue weighted by molar-refractivity contribution is 0.0784. The Bertz CT molecular complexity index is 863. The number of nitrogens with zero attached hydrogens (tertiary/aromatic N) is 3. The highest BCUT2D eigenvalue weighted by Gasteiger charge is 2.34. The monoisotopic (exact) mass is 372 g/mol. The molecular formula is C20H28N4O3. The minimum absolute atomic E-state index is 0.0156. The van der Waals surface area contributed by atoms with Crippen molar-refractivity contribution in [3.05, 3.63) is 34.7 Å². The van der Waals surface area contributed by atoms with Crippen LogP contribution in [-0.4, -0.2) is 63.8 Å². The molecule has 2 fully saturated rings. The Hall–Kier alpha value is -2.28. The summed E-state index contributed by atoms with van der Waals surface area (Å²) in [6.07, 6.45) is 2.61. The molecule has 1 aromatic heterocycles. The predicted molar refractivity (Wildman–Crippen MR) is 104 cm³/mol. The molecule has 27 heavy (non-hydrogen) atoms. The van der Waals surface area contributed by atoms with E-state index in [2.05, 4.69) is 9.88 Å². The fourth-order valence-corrected chi connectivity index (χ4v) is 4.43. The van der Waals surface area contributed by atoms with Crippen LogP contribution in [0.2, 0.25) is 0 Å². The molecule has 7 nitrogen and oxygen atoms in total. The molecule has 1 amide bonds. The van der Waals surface area contributed by atoms with Crippen molar-refractivity contribution in [3.8, 4) is 0 Å². The van der Waals surface area contributed by atoms with Gasteiger partial charge in [-0.2, -0.15) is 0 Å². The van der Waals surface area contributed by atoms with Gasteiger partial charge in [0.1, 0.15) is 0 Å². The van der Waals surface area contributed by atoms with Gasteiger partial charge >= 0.3 is 11.8 Å². The van der Waals surface area contributed by atoms with Crippen molar-refractivity contribution >= 4 is 17.1 Å². The average molecular weight is 372 g/mol. The van der Waals surface area contributed by atoms with Crippen LogP contribution < -0.4 is 5.69 Å². The van der Waals surface area contributed by atoms with E-state index < -0.39 is 0 Å². The quantitative estimate of drug-likeness (QED) is 0.899. The topological polar surface area (TPSA) is 70.6 Å². The third-order valence-corrected chi connectivity index (χ3v) is 5.76. The van der Waals surface area contributed by atoms with E-state index in [9.17, 15) is 9.59 Å². The van der Waals surface area contributed by atoms with Gasteiger partial charge in [-0.3, -0.25) is 9.47 Å². The number of fused-ring (bicyclic) bond motifs is 1. The third-order valence-electron chi connectivity index (χ3n) is 5.76. The lowest BCUT2D eigenvalue weighted by Gasteiger charge is -2.36. The van der Waals surface area contributed by atoms with Crippen molar-refractivity contribution in [2.75, 3.05) is 26.2 Å². The van der Waals surface area contributed by atoms with Crippen LogP contribution in [0.5, 0.6) is 0 Å². The van der Waals surface area contributed by atoms with Crippen molar-refractivity contribution in [1.29, 1.82) is 0 Å². The highest BCUT2D eigenvalue weighted by molar-refractivity contribution is 5.75. The van der Waals surface area contributed by atoms with Gasteiger partial charge in [-0.1, -0.05) is 12.1 Å². The highest BCUT2D eigenvalue weighted by atomic mass is 16.6. The van der Waals surface area contributed by atoms with Gasteiger partial charge in [0.05, 0.1) is 17.1 Å². The van der Waals surface area contributed by atoms with Gasteiger partial charge in [0, 0.05) is 38.3 Å². The van der Waals surface area contributed by atoms with Gasteiger partial charge in [0.2, 0.25) is 0 Å². The van der Waals surface area contributed by atoms with Crippen LogP contribution in [0.25, 0.3) is 11.0 Å². The van der Waals surface area contributed by atoms with Crippen molar-refractivity contribution in [2.45, 2.75) is 51.3 Å². The number of aromatic amines is 1. The number of ether oxygens (including phenoxy) is 1. The Labute approximate surface area is 158 Å². The van der Waals surface area contributed by atoms with Gasteiger partial charge in [0.25, 0.3) is 0 Å². The fraction of sp³-hybridized carbons (Fsp3) is 0.600. The van der Waals surface area contributed by atoms with Gasteiger partial charge < -0.3 is 14.6 Å². The number of hydrogen-bond acceptors (Lipinski definition) is 4. The molecular weight excluding hydrogens is 344 g/mol. The maximum atomic E-state index is 12.4. The van der Waals surface area contributed by atoms with Crippen molar-refractivity contribution in [2.24, 2.45) is 0 Å².